The molecule has 0 spiro atoms. The molecule has 0 saturated carbocycles. The van der Waals surface area contributed by atoms with Crippen LogP contribution in [0.5, 0.6) is 0 Å². The number of carbonyl (C=O) groups is 1. The summed E-state index contributed by atoms with van der Waals surface area (Å²) in [6.45, 7) is 6.32. The van der Waals surface area contributed by atoms with Crippen molar-refractivity contribution in [2.24, 2.45) is 0 Å². The topological polar surface area (TPSA) is 81.8 Å². The molecule has 34 heavy (non-hydrogen) atoms. The average Bonchev–Trinajstić information content (AvgIpc) is 3.25. The molecule has 1 aromatic carbocycles. The van der Waals surface area contributed by atoms with Crippen molar-refractivity contribution < 1.29 is 9.18 Å². The second-order valence-corrected chi connectivity index (χ2v) is 9.80. The normalized spacial score (nSPS) is 14.6. The molecule has 7 nitrogen and oxygen atoms in total. The highest BCUT2D eigenvalue weighted by molar-refractivity contribution is 7.20. The number of hydrogen-bond acceptors (Lipinski definition) is 5. The van der Waals surface area contributed by atoms with Gasteiger partial charge in [0, 0.05) is 24.2 Å². The van der Waals surface area contributed by atoms with Gasteiger partial charge in [0.15, 0.2) is 0 Å². The van der Waals surface area contributed by atoms with Gasteiger partial charge >= 0.3 is 0 Å². The number of halogens is 1. The van der Waals surface area contributed by atoms with Crippen molar-refractivity contribution in [3.63, 3.8) is 0 Å². The Morgan fingerprint density at radius 2 is 1.94 bits per heavy atom. The van der Waals surface area contributed by atoms with Gasteiger partial charge in [-0.25, -0.2) is 14.1 Å². The van der Waals surface area contributed by atoms with E-state index in [1.54, 1.807) is 27.6 Å². The van der Waals surface area contributed by atoms with E-state index < -0.39 is 0 Å². The van der Waals surface area contributed by atoms with Crippen molar-refractivity contribution in [3.05, 3.63) is 74.2 Å². The molecular formula is C25H26FN5O2S. The first-order valence-electron chi connectivity index (χ1n) is 11.5. The van der Waals surface area contributed by atoms with Gasteiger partial charge in [0.05, 0.1) is 28.2 Å². The summed E-state index contributed by atoms with van der Waals surface area (Å²) in [5.41, 5.74) is 3.10. The Morgan fingerprint density at radius 3 is 2.71 bits per heavy atom. The lowest BCUT2D eigenvalue weighted by Crippen LogP contribution is -2.27. The van der Waals surface area contributed by atoms with Crippen molar-refractivity contribution in [1.29, 1.82) is 0 Å². The molecule has 1 aliphatic rings. The third-order valence-corrected chi connectivity index (χ3v) is 7.74. The summed E-state index contributed by atoms with van der Waals surface area (Å²) in [5, 5.41) is 8.02. The molecule has 0 saturated heterocycles. The lowest BCUT2D eigenvalue weighted by molar-refractivity contribution is 0.0943. The quantitative estimate of drug-likeness (QED) is 0.463. The minimum atomic E-state index is -0.308. The molecule has 0 radical (unpaired) electrons. The second kappa shape index (κ2) is 8.79. The summed E-state index contributed by atoms with van der Waals surface area (Å²) >= 11 is 1.28. The summed E-state index contributed by atoms with van der Waals surface area (Å²) in [4.78, 5) is 32.3. The molecule has 1 N–H and O–H groups in total. The van der Waals surface area contributed by atoms with Crippen molar-refractivity contribution >= 4 is 27.5 Å². The van der Waals surface area contributed by atoms with E-state index in [0.717, 1.165) is 48.5 Å². The Labute approximate surface area is 200 Å². The van der Waals surface area contributed by atoms with Gasteiger partial charge in [-0.3, -0.25) is 14.2 Å². The number of benzene rings is 1. The third kappa shape index (κ3) is 3.83. The van der Waals surface area contributed by atoms with E-state index in [4.69, 9.17) is 4.98 Å². The molecule has 0 aliphatic carbocycles. The average molecular weight is 480 g/mol. The van der Waals surface area contributed by atoms with Crippen LogP contribution in [0.2, 0.25) is 0 Å². The number of thiophene rings is 1. The molecule has 0 fully saturated rings. The van der Waals surface area contributed by atoms with Crippen molar-refractivity contribution in [2.75, 3.05) is 0 Å². The molecule has 3 aromatic heterocycles. The summed E-state index contributed by atoms with van der Waals surface area (Å²) in [6.07, 6.45) is 5.60. The zero-order valence-corrected chi connectivity index (χ0v) is 20.2. The van der Waals surface area contributed by atoms with Crippen LogP contribution in [0.3, 0.4) is 0 Å². The van der Waals surface area contributed by atoms with Crippen molar-refractivity contribution in [1.82, 2.24) is 24.6 Å². The fourth-order valence-electron chi connectivity index (χ4n) is 4.66. The molecule has 1 amide bonds. The fraction of sp³-hybridized carbons (Fsp3) is 0.360. The van der Waals surface area contributed by atoms with Gasteiger partial charge in [0.2, 0.25) is 0 Å². The molecule has 4 aromatic rings. The maximum atomic E-state index is 13.3. The molecule has 1 aliphatic heterocycles. The largest absolute Gasteiger partial charge is 0.345 e. The number of hydrogen-bond donors (Lipinski definition) is 1. The van der Waals surface area contributed by atoms with Gasteiger partial charge in [0.1, 0.15) is 16.5 Å². The molecule has 176 valence electrons. The minimum Gasteiger partial charge on any atom is -0.345 e. The summed E-state index contributed by atoms with van der Waals surface area (Å²) < 4.78 is 16.8. The maximum Gasteiger partial charge on any atom is 0.262 e. The lowest BCUT2D eigenvalue weighted by atomic mass is 10.1. The highest BCUT2D eigenvalue weighted by Gasteiger charge is 2.24. The van der Waals surface area contributed by atoms with E-state index in [2.05, 4.69) is 10.4 Å². The summed E-state index contributed by atoms with van der Waals surface area (Å²) in [6, 6.07) is 5.80. The monoisotopic (exact) mass is 479 g/mol. The van der Waals surface area contributed by atoms with Gasteiger partial charge < -0.3 is 5.32 Å². The Balaban J connectivity index is 1.43. The van der Waals surface area contributed by atoms with Crippen LogP contribution in [-0.4, -0.2) is 25.2 Å². The number of aromatic nitrogens is 4. The first-order valence-corrected chi connectivity index (χ1v) is 12.3. The van der Waals surface area contributed by atoms with Crippen molar-refractivity contribution in [3.8, 4) is 5.69 Å². The number of nitrogens with one attached hydrogen (secondary N) is 1. The van der Waals surface area contributed by atoms with E-state index in [-0.39, 0.29) is 23.3 Å². The van der Waals surface area contributed by atoms with Crippen LogP contribution in [0.4, 0.5) is 4.39 Å². The fourth-order valence-corrected chi connectivity index (χ4v) is 5.75. The van der Waals surface area contributed by atoms with E-state index in [9.17, 15) is 14.0 Å². The predicted octanol–water partition coefficient (Wildman–Crippen LogP) is 4.62. The van der Waals surface area contributed by atoms with Crippen LogP contribution >= 0.6 is 11.3 Å². The van der Waals surface area contributed by atoms with Crippen LogP contribution in [0, 0.1) is 19.7 Å². The second-order valence-electron chi connectivity index (χ2n) is 8.80. The zero-order valence-electron chi connectivity index (χ0n) is 19.4. The van der Waals surface area contributed by atoms with Crippen LogP contribution < -0.4 is 10.9 Å². The Hall–Kier alpha value is -3.33. The standard InChI is InChI=1S/C25H26FN5O2S/c1-14-21-24(29-20-7-5-4-6-12-30(20)25(21)33)34-22(14)23(32)28-15(2)19-13-27-31(16(19)3)18-10-8-17(26)9-11-18/h8-11,13,15H,4-7,12H2,1-3H3,(H,28,32). The zero-order chi connectivity index (χ0) is 24.0. The lowest BCUT2D eigenvalue weighted by Gasteiger charge is -2.14. The number of fused-ring (bicyclic) bond motifs is 2. The number of nitrogens with zero attached hydrogens (tertiary/aromatic N) is 4. The van der Waals surface area contributed by atoms with Crippen LogP contribution in [0.1, 0.15) is 64.5 Å². The highest BCUT2D eigenvalue weighted by Crippen LogP contribution is 2.29. The Bertz CT molecular complexity index is 1450. The molecule has 1 unspecified atom stereocenters. The van der Waals surface area contributed by atoms with Crippen LogP contribution in [-0.2, 0) is 13.0 Å². The van der Waals surface area contributed by atoms with E-state index in [1.165, 1.54) is 23.5 Å². The molecule has 4 heterocycles. The van der Waals surface area contributed by atoms with E-state index in [0.29, 0.717) is 27.2 Å². The van der Waals surface area contributed by atoms with Crippen molar-refractivity contribution in [2.45, 2.75) is 59.0 Å². The summed E-state index contributed by atoms with van der Waals surface area (Å²) in [5.74, 6) is 0.278. The Morgan fingerprint density at radius 1 is 1.18 bits per heavy atom. The first kappa shape index (κ1) is 22.5. The van der Waals surface area contributed by atoms with E-state index >= 15 is 0 Å². The van der Waals surface area contributed by atoms with Gasteiger partial charge in [-0.15, -0.1) is 11.3 Å². The van der Waals surface area contributed by atoms with Gasteiger partial charge in [-0.05, 0) is 63.4 Å². The Kier molecular flexibility index (Phi) is 5.81. The number of aryl methyl sites for hydroxylation is 2. The molecule has 9 heteroatoms. The summed E-state index contributed by atoms with van der Waals surface area (Å²) in [7, 11) is 0. The maximum absolute atomic E-state index is 13.3. The number of carbonyl (C=O) groups excluding carboxylic acids is 1. The number of rotatable bonds is 4. The number of amides is 1. The smallest absolute Gasteiger partial charge is 0.262 e. The first-order chi connectivity index (χ1) is 16.3. The molecular weight excluding hydrogens is 453 g/mol. The van der Waals surface area contributed by atoms with Crippen LogP contribution in [0.25, 0.3) is 15.9 Å². The third-order valence-electron chi connectivity index (χ3n) is 6.55. The highest BCUT2D eigenvalue weighted by atomic mass is 32.1. The molecule has 5 rings (SSSR count). The molecule has 1 atom stereocenters. The van der Waals surface area contributed by atoms with Crippen LogP contribution in [0.15, 0.2) is 35.3 Å². The SMILES string of the molecule is Cc1c(C(=O)NC(C)c2cnn(-c3ccc(F)cc3)c2C)sc2nc3n(c(=O)c12)CCCCC3. The molecule has 0 bridgehead atoms. The predicted molar refractivity (Wildman–Crippen MR) is 130 cm³/mol. The minimum absolute atomic E-state index is 0.0424. The van der Waals surface area contributed by atoms with Gasteiger partial charge in [0.25, 0.3) is 11.5 Å². The van der Waals surface area contributed by atoms with E-state index in [1.807, 2.05) is 20.8 Å². The van der Waals surface area contributed by atoms with Gasteiger partial charge in [-0.2, -0.15) is 5.10 Å². The van der Waals surface area contributed by atoms with Gasteiger partial charge in [-0.1, -0.05) is 6.42 Å².